The summed E-state index contributed by atoms with van der Waals surface area (Å²) in [6, 6.07) is 14.6. The van der Waals surface area contributed by atoms with Crippen molar-refractivity contribution in [2.75, 3.05) is 18.7 Å². The lowest BCUT2D eigenvalue weighted by Crippen LogP contribution is -2.49. The lowest BCUT2D eigenvalue weighted by molar-refractivity contribution is -0.127. The van der Waals surface area contributed by atoms with Crippen LogP contribution in [0.3, 0.4) is 0 Å². The normalized spacial score (nSPS) is 12.9. The largest absolute Gasteiger partial charge is 0.454 e. The summed E-state index contributed by atoms with van der Waals surface area (Å²) >= 11 is 0. The van der Waals surface area contributed by atoms with Gasteiger partial charge in [-0.25, -0.2) is 4.39 Å². The molecule has 1 aliphatic rings. The molecule has 40 heavy (non-hydrogen) atoms. The third-order valence-electron chi connectivity index (χ3n) is 7.72. The number of benzene rings is 3. The van der Waals surface area contributed by atoms with Gasteiger partial charge in [0.1, 0.15) is 11.9 Å². The summed E-state index contributed by atoms with van der Waals surface area (Å²) in [6.07, 6.45) is 0.355. The summed E-state index contributed by atoms with van der Waals surface area (Å²) in [4.78, 5) is 28.9. The average molecular weight is 544 g/mol. The van der Waals surface area contributed by atoms with E-state index in [1.54, 1.807) is 37.4 Å². The van der Waals surface area contributed by atoms with Crippen LogP contribution < -0.4 is 19.7 Å². The molecule has 0 bridgehead atoms. The van der Waals surface area contributed by atoms with E-state index in [0.717, 1.165) is 45.4 Å². The number of rotatable bonds is 8. The second kappa shape index (κ2) is 11.0. The number of hydrogen-bond acceptors (Lipinski definition) is 4. The van der Waals surface area contributed by atoms with E-state index in [2.05, 4.69) is 42.8 Å². The number of halogens is 1. The third kappa shape index (κ3) is 5.13. The fraction of sp³-hybridized carbons (Fsp3) is 0.312. The van der Waals surface area contributed by atoms with E-state index in [0.29, 0.717) is 17.2 Å². The zero-order chi connectivity index (χ0) is 28.6. The topological polar surface area (TPSA) is 72.8 Å². The van der Waals surface area contributed by atoms with Gasteiger partial charge in [0.05, 0.1) is 11.9 Å². The molecule has 3 aromatic carbocycles. The second-order valence-corrected chi connectivity index (χ2v) is 10.3. The number of carbonyl (C=O) groups is 2. The molecule has 1 aromatic heterocycles. The highest BCUT2D eigenvalue weighted by atomic mass is 19.1. The molecule has 5 rings (SSSR count). The number of ether oxygens (including phenoxy) is 2. The van der Waals surface area contributed by atoms with Gasteiger partial charge in [-0.15, -0.1) is 0 Å². The van der Waals surface area contributed by atoms with Gasteiger partial charge in [-0.05, 0) is 74.2 Å². The molecular weight excluding hydrogens is 509 g/mol. The van der Waals surface area contributed by atoms with Crippen LogP contribution >= 0.6 is 0 Å². The standard InChI is InChI=1S/C32H34FN3O4/c1-6-36-21(4)25(30-19(2)7-8-20(3)31(30)36)17-29(37)34-26(15-22-9-11-23(33)12-10-22)32(38)35(5)24-13-14-27-28(16-24)40-18-39-27/h7-14,16,26H,6,15,17-18H2,1-5H3,(H,34,37)/t26-/m0/s1. The molecule has 0 spiro atoms. The van der Waals surface area contributed by atoms with Crippen LogP contribution in [0.4, 0.5) is 10.1 Å². The molecule has 0 aliphatic carbocycles. The molecule has 0 saturated carbocycles. The minimum Gasteiger partial charge on any atom is -0.454 e. The molecule has 1 aliphatic heterocycles. The number of amides is 2. The van der Waals surface area contributed by atoms with Crippen LogP contribution in [0.15, 0.2) is 54.6 Å². The summed E-state index contributed by atoms with van der Waals surface area (Å²) in [7, 11) is 1.66. The Balaban J connectivity index is 1.44. The van der Waals surface area contributed by atoms with Gasteiger partial charge in [-0.2, -0.15) is 0 Å². The highest BCUT2D eigenvalue weighted by Gasteiger charge is 2.28. The zero-order valence-electron chi connectivity index (χ0n) is 23.5. The molecule has 1 atom stereocenters. The van der Waals surface area contributed by atoms with E-state index < -0.39 is 6.04 Å². The number of nitrogens with zero attached hydrogens (tertiary/aromatic N) is 2. The van der Waals surface area contributed by atoms with Crippen molar-refractivity contribution in [3.8, 4) is 11.5 Å². The Labute approximate surface area is 233 Å². The van der Waals surface area contributed by atoms with E-state index in [-0.39, 0.29) is 37.3 Å². The quantitative estimate of drug-likeness (QED) is 0.324. The van der Waals surface area contributed by atoms with Crippen LogP contribution in [0.1, 0.15) is 34.9 Å². The van der Waals surface area contributed by atoms with E-state index in [1.165, 1.54) is 17.0 Å². The first-order valence-electron chi connectivity index (χ1n) is 13.5. The maximum atomic E-state index is 13.8. The average Bonchev–Trinajstić information content (AvgIpc) is 3.53. The van der Waals surface area contributed by atoms with Crippen molar-refractivity contribution in [2.24, 2.45) is 0 Å². The minimum atomic E-state index is -0.865. The molecule has 8 heteroatoms. The van der Waals surface area contributed by atoms with Gasteiger partial charge >= 0.3 is 0 Å². The Hall–Kier alpha value is -4.33. The Bertz CT molecular complexity index is 1590. The van der Waals surface area contributed by atoms with Gasteiger partial charge in [0, 0.05) is 42.8 Å². The maximum Gasteiger partial charge on any atom is 0.249 e. The minimum absolute atomic E-state index is 0.131. The Kier molecular flexibility index (Phi) is 7.52. The fourth-order valence-electron chi connectivity index (χ4n) is 5.57. The third-order valence-corrected chi connectivity index (χ3v) is 7.72. The van der Waals surface area contributed by atoms with Crippen molar-refractivity contribution in [3.05, 3.63) is 88.4 Å². The summed E-state index contributed by atoms with van der Waals surface area (Å²) in [5.41, 5.74) is 6.78. The number of hydrogen-bond donors (Lipinski definition) is 1. The van der Waals surface area contributed by atoms with E-state index >= 15 is 0 Å². The summed E-state index contributed by atoms with van der Waals surface area (Å²) < 4.78 is 26.7. The van der Waals surface area contributed by atoms with Gasteiger partial charge in [-0.1, -0.05) is 24.3 Å². The Morgan fingerprint density at radius 3 is 2.42 bits per heavy atom. The first-order valence-corrected chi connectivity index (χ1v) is 13.5. The first-order chi connectivity index (χ1) is 19.2. The van der Waals surface area contributed by atoms with Crippen LogP contribution in [0, 0.1) is 26.6 Å². The van der Waals surface area contributed by atoms with Crippen LogP contribution in [0.25, 0.3) is 10.9 Å². The predicted octanol–water partition coefficient (Wildman–Crippen LogP) is 5.39. The van der Waals surface area contributed by atoms with Crippen molar-refractivity contribution < 1.29 is 23.5 Å². The lowest BCUT2D eigenvalue weighted by Gasteiger charge is -2.25. The van der Waals surface area contributed by atoms with Crippen molar-refractivity contribution >= 4 is 28.4 Å². The Morgan fingerprint density at radius 2 is 1.70 bits per heavy atom. The number of aryl methyl sites for hydroxylation is 3. The Morgan fingerprint density at radius 1 is 1.00 bits per heavy atom. The molecular formula is C32H34FN3O4. The number of nitrogens with one attached hydrogen (secondary N) is 1. The number of carbonyl (C=O) groups excluding carboxylic acids is 2. The van der Waals surface area contributed by atoms with E-state index in [1.807, 2.05) is 6.92 Å². The van der Waals surface area contributed by atoms with Gasteiger partial charge < -0.3 is 24.3 Å². The van der Waals surface area contributed by atoms with E-state index in [4.69, 9.17) is 9.47 Å². The molecule has 2 amide bonds. The summed E-state index contributed by atoms with van der Waals surface area (Å²) in [6.45, 7) is 9.21. The smallest absolute Gasteiger partial charge is 0.249 e. The molecule has 1 N–H and O–H groups in total. The van der Waals surface area contributed by atoms with Gasteiger partial charge in [0.2, 0.25) is 18.6 Å². The van der Waals surface area contributed by atoms with Crippen LogP contribution in [0.5, 0.6) is 11.5 Å². The first kappa shape index (κ1) is 27.2. The van der Waals surface area contributed by atoms with Crippen LogP contribution in [0.2, 0.25) is 0 Å². The van der Waals surface area contributed by atoms with Crippen molar-refractivity contribution in [2.45, 2.75) is 53.1 Å². The molecule has 0 fully saturated rings. The molecule has 208 valence electrons. The zero-order valence-corrected chi connectivity index (χ0v) is 23.5. The van der Waals surface area contributed by atoms with Crippen LogP contribution in [-0.2, 0) is 29.0 Å². The highest BCUT2D eigenvalue weighted by molar-refractivity contribution is 6.00. The highest BCUT2D eigenvalue weighted by Crippen LogP contribution is 2.35. The van der Waals surface area contributed by atoms with Gasteiger partial charge in [-0.3, -0.25) is 9.59 Å². The van der Waals surface area contributed by atoms with Gasteiger partial charge in [0.15, 0.2) is 11.5 Å². The predicted molar refractivity (Wildman–Crippen MR) is 154 cm³/mol. The summed E-state index contributed by atoms with van der Waals surface area (Å²) in [5, 5.41) is 4.09. The van der Waals surface area contributed by atoms with Crippen molar-refractivity contribution in [3.63, 3.8) is 0 Å². The molecule has 0 radical (unpaired) electrons. The monoisotopic (exact) mass is 543 g/mol. The number of anilines is 1. The van der Waals surface area contributed by atoms with Crippen molar-refractivity contribution in [1.82, 2.24) is 9.88 Å². The molecule has 4 aromatic rings. The second-order valence-electron chi connectivity index (χ2n) is 10.3. The fourth-order valence-corrected chi connectivity index (χ4v) is 5.57. The SMILES string of the molecule is CCn1c(C)c(CC(=O)N[C@@H](Cc2ccc(F)cc2)C(=O)N(C)c2ccc3c(c2)OCO3)c2c(C)ccc(C)c21. The maximum absolute atomic E-state index is 13.8. The number of fused-ring (bicyclic) bond motifs is 2. The van der Waals surface area contributed by atoms with Crippen molar-refractivity contribution in [1.29, 1.82) is 0 Å². The molecule has 0 saturated heterocycles. The number of aromatic nitrogens is 1. The van der Waals surface area contributed by atoms with E-state index in [9.17, 15) is 14.0 Å². The molecule has 2 heterocycles. The molecule has 7 nitrogen and oxygen atoms in total. The number of likely N-dealkylation sites (N-methyl/N-ethyl adjacent to an activating group) is 1. The molecule has 0 unspecified atom stereocenters. The summed E-state index contributed by atoms with van der Waals surface area (Å²) in [5.74, 6) is 0.272. The lowest BCUT2D eigenvalue weighted by atomic mass is 10.00. The van der Waals surface area contributed by atoms with Crippen LogP contribution in [-0.4, -0.2) is 36.3 Å². The van der Waals surface area contributed by atoms with Gasteiger partial charge in [0.25, 0.3) is 0 Å².